The topological polar surface area (TPSA) is 149 Å². The van der Waals surface area contributed by atoms with Crippen molar-refractivity contribution in [3.05, 3.63) is 24.3 Å². The second-order valence-corrected chi connectivity index (χ2v) is 20.8. The largest absolute Gasteiger partial charge is 0.394 e. The number of carbonyl (C=O) groups excluding carboxylic acids is 1. The van der Waals surface area contributed by atoms with E-state index in [1.165, 1.54) is 218 Å². The molecule has 0 saturated carbocycles. The number of aliphatic hydroxyl groups is 5. The normalized spacial score (nSPS) is 19.7. The van der Waals surface area contributed by atoms with Gasteiger partial charge in [0.15, 0.2) is 6.29 Å². The number of nitrogens with one attached hydrogen (secondary N) is 1. The predicted molar refractivity (Wildman–Crippen MR) is 286 cm³/mol. The van der Waals surface area contributed by atoms with E-state index < -0.39 is 49.5 Å². The fourth-order valence-electron chi connectivity index (χ4n) is 9.61. The third kappa shape index (κ3) is 38.4. The van der Waals surface area contributed by atoms with Crippen molar-refractivity contribution in [3.63, 3.8) is 0 Å². The van der Waals surface area contributed by atoms with Gasteiger partial charge >= 0.3 is 0 Å². The molecule has 0 aromatic carbocycles. The zero-order valence-corrected chi connectivity index (χ0v) is 44.6. The Balaban J connectivity index is 2.17. The maximum atomic E-state index is 13.1. The van der Waals surface area contributed by atoms with Crippen LogP contribution in [0, 0.1) is 0 Å². The van der Waals surface area contributed by atoms with E-state index in [1.807, 2.05) is 0 Å². The van der Waals surface area contributed by atoms with Crippen molar-refractivity contribution in [1.82, 2.24) is 5.32 Å². The van der Waals surface area contributed by atoms with E-state index in [-0.39, 0.29) is 12.5 Å². The first-order valence-electron chi connectivity index (χ1n) is 29.5. The number of unbranched alkanes of at least 4 members (excludes halogenated alkanes) is 37. The highest BCUT2D eigenvalue weighted by Crippen LogP contribution is 2.23. The van der Waals surface area contributed by atoms with E-state index in [1.54, 1.807) is 0 Å². The molecule has 1 amide bonds. The smallest absolute Gasteiger partial charge is 0.220 e. The number of amides is 1. The zero-order chi connectivity index (χ0) is 49.4. The van der Waals surface area contributed by atoms with Crippen LogP contribution in [0.25, 0.3) is 0 Å². The van der Waals surface area contributed by atoms with Gasteiger partial charge in [0.1, 0.15) is 24.4 Å². The van der Waals surface area contributed by atoms with Crippen LogP contribution in [0.1, 0.15) is 290 Å². The zero-order valence-electron chi connectivity index (χ0n) is 44.6. The van der Waals surface area contributed by atoms with Crippen LogP contribution in [0.2, 0.25) is 0 Å². The van der Waals surface area contributed by atoms with Gasteiger partial charge in [0.25, 0.3) is 0 Å². The van der Waals surface area contributed by atoms with Gasteiger partial charge in [0.05, 0.1) is 25.4 Å². The predicted octanol–water partition coefficient (Wildman–Crippen LogP) is 14.6. The number of ether oxygens (including phenoxy) is 2. The standard InChI is InChI=1S/C59H113NO8/c1-3-5-7-9-11-13-15-17-19-21-23-24-25-26-27-28-29-30-31-33-35-37-39-41-43-45-47-49-55(63)60-52(51-67-59-58(66)57(65)56(64)54(50-61)68-59)53(62)48-46-44-42-40-38-36-34-32-22-20-18-16-14-12-10-8-6-4-2/h15,17,21,23,52-54,56-59,61-62,64-66H,3-14,16,18-20,22,24-51H2,1-2H3,(H,60,63)/b17-15-,23-21-. The Morgan fingerprint density at radius 3 is 1.26 bits per heavy atom. The van der Waals surface area contributed by atoms with Crippen molar-refractivity contribution in [3.8, 4) is 0 Å². The molecule has 0 aromatic rings. The van der Waals surface area contributed by atoms with Crippen molar-refractivity contribution in [2.45, 2.75) is 333 Å². The number of carbonyl (C=O) groups is 1. The Morgan fingerprint density at radius 1 is 0.500 bits per heavy atom. The lowest BCUT2D eigenvalue weighted by atomic mass is 9.99. The van der Waals surface area contributed by atoms with Crippen LogP contribution in [-0.2, 0) is 14.3 Å². The third-order valence-corrected chi connectivity index (χ3v) is 14.3. The number of hydrogen-bond acceptors (Lipinski definition) is 8. The highest BCUT2D eigenvalue weighted by atomic mass is 16.7. The SMILES string of the molecule is CCCCCCC/C=C\C/C=C\CCCCCCCCCCCCCCCCCC(=O)NC(COC1OC(CO)C(O)C(O)C1O)C(O)CCCCCCCCCCCCCCCCCCCC. The van der Waals surface area contributed by atoms with Crippen molar-refractivity contribution >= 4 is 5.91 Å². The molecule has 0 bridgehead atoms. The van der Waals surface area contributed by atoms with E-state index in [2.05, 4.69) is 43.5 Å². The summed E-state index contributed by atoms with van der Waals surface area (Å²) in [5, 5.41) is 54.7. The van der Waals surface area contributed by atoms with E-state index in [0.29, 0.717) is 12.8 Å². The highest BCUT2D eigenvalue weighted by molar-refractivity contribution is 5.76. The summed E-state index contributed by atoms with van der Waals surface area (Å²) in [6.45, 7) is 3.86. The summed E-state index contributed by atoms with van der Waals surface area (Å²) in [6.07, 6.45) is 54.9. The molecule has 68 heavy (non-hydrogen) atoms. The molecule has 1 aliphatic heterocycles. The van der Waals surface area contributed by atoms with E-state index in [0.717, 1.165) is 44.9 Å². The molecule has 0 spiro atoms. The summed E-state index contributed by atoms with van der Waals surface area (Å²) >= 11 is 0. The van der Waals surface area contributed by atoms with Crippen LogP contribution < -0.4 is 5.32 Å². The number of rotatable bonds is 51. The monoisotopic (exact) mass is 964 g/mol. The quantitative estimate of drug-likeness (QED) is 0.0261. The minimum Gasteiger partial charge on any atom is -0.394 e. The van der Waals surface area contributed by atoms with Crippen LogP contribution in [0.5, 0.6) is 0 Å². The summed E-state index contributed by atoms with van der Waals surface area (Å²) in [5.41, 5.74) is 0. The Kier molecular flexibility index (Phi) is 46.9. The highest BCUT2D eigenvalue weighted by Gasteiger charge is 2.44. The summed E-state index contributed by atoms with van der Waals surface area (Å²) in [4.78, 5) is 13.1. The van der Waals surface area contributed by atoms with E-state index in [9.17, 15) is 30.3 Å². The Morgan fingerprint density at radius 2 is 0.868 bits per heavy atom. The van der Waals surface area contributed by atoms with Crippen molar-refractivity contribution in [1.29, 1.82) is 0 Å². The van der Waals surface area contributed by atoms with Gasteiger partial charge in [-0.3, -0.25) is 4.79 Å². The molecule has 1 saturated heterocycles. The average molecular weight is 965 g/mol. The first kappa shape index (κ1) is 64.7. The molecule has 7 atom stereocenters. The van der Waals surface area contributed by atoms with Gasteiger partial charge in [-0.1, -0.05) is 263 Å². The molecule has 1 fully saturated rings. The first-order valence-corrected chi connectivity index (χ1v) is 29.5. The van der Waals surface area contributed by atoms with E-state index in [4.69, 9.17) is 9.47 Å². The van der Waals surface area contributed by atoms with Crippen molar-refractivity contribution in [2.24, 2.45) is 0 Å². The molecular formula is C59H113NO8. The van der Waals surface area contributed by atoms with Crippen LogP contribution in [0.3, 0.4) is 0 Å². The second-order valence-electron chi connectivity index (χ2n) is 20.8. The molecule has 6 N–H and O–H groups in total. The molecule has 0 aliphatic carbocycles. The van der Waals surface area contributed by atoms with Gasteiger partial charge < -0.3 is 40.3 Å². The lowest BCUT2D eigenvalue weighted by molar-refractivity contribution is -0.302. The minimum atomic E-state index is -1.55. The lowest BCUT2D eigenvalue weighted by Crippen LogP contribution is -2.60. The second kappa shape index (κ2) is 49.3. The maximum Gasteiger partial charge on any atom is 0.220 e. The van der Waals surface area contributed by atoms with Crippen LogP contribution in [0.4, 0.5) is 0 Å². The van der Waals surface area contributed by atoms with Crippen LogP contribution >= 0.6 is 0 Å². The first-order chi connectivity index (χ1) is 33.3. The maximum absolute atomic E-state index is 13.1. The van der Waals surface area contributed by atoms with Crippen molar-refractivity contribution in [2.75, 3.05) is 13.2 Å². The van der Waals surface area contributed by atoms with E-state index >= 15 is 0 Å². The number of aliphatic hydroxyl groups excluding tert-OH is 5. The van der Waals surface area contributed by atoms with Crippen LogP contribution in [0.15, 0.2) is 24.3 Å². The van der Waals surface area contributed by atoms with Crippen LogP contribution in [-0.4, -0.2) is 87.5 Å². The van der Waals surface area contributed by atoms with Gasteiger partial charge in [0, 0.05) is 6.42 Å². The Bertz CT molecular complexity index is 1120. The van der Waals surface area contributed by atoms with Gasteiger partial charge in [0.2, 0.25) is 5.91 Å². The number of allylic oxidation sites excluding steroid dienone is 4. The van der Waals surface area contributed by atoms with Gasteiger partial charge in [-0.25, -0.2) is 0 Å². The molecule has 9 nitrogen and oxygen atoms in total. The van der Waals surface area contributed by atoms with Gasteiger partial charge in [-0.2, -0.15) is 0 Å². The van der Waals surface area contributed by atoms with Gasteiger partial charge in [-0.15, -0.1) is 0 Å². The summed E-state index contributed by atoms with van der Waals surface area (Å²) in [7, 11) is 0. The molecule has 1 rings (SSSR count). The molecule has 1 aliphatic rings. The average Bonchev–Trinajstić information content (AvgIpc) is 3.34. The van der Waals surface area contributed by atoms with Gasteiger partial charge in [-0.05, 0) is 44.9 Å². The third-order valence-electron chi connectivity index (χ3n) is 14.3. The Hall–Kier alpha value is -1.33. The summed E-state index contributed by atoms with van der Waals surface area (Å²) < 4.78 is 11.3. The molecule has 0 radical (unpaired) electrons. The summed E-state index contributed by atoms with van der Waals surface area (Å²) in [6, 6.07) is -0.717. The molecule has 402 valence electrons. The molecule has 9 heteroatoms. The summed E-state index contributed by atoms with van der Waals surface area (Å²) in [5.74, 6) is -0.140. The van der Waals surface area contributed by atoms with Crippen molar-refractivity contribution < 1.29 is 39.8 Å². The molecule has 0 aromatic heterocycles. The fraction of sp³-hybridized carbons (Fsp3) is 0.915. The Labute approximate surface area is 419 Å². The number of hydrogen-bond donors (Lipinski definition) is 6. The molecular weight excluding hydrogens is 851 g/mol. The lowest BCUT2D eigenvalue weighted by Gasteiger charge is -2.40. The minimum absolute atomic E-state index is 0.134. The molecule has 7 unspecified atom stereocenters. The molecule has 1 heterocycles. The fourth-order valence-corrected chi connectivity index (χ4v) is 9.61.